The first-order chi connectivity index (χ1) is 28.5. The molecule has 6 heterocycles. The Labute approximate surface area is 345 Å². The van der Waals surface area contributed by atoms with Crippen LogP contribution in [-0.2, 0) is 16.1 Å². The maximum Gasteiger partial charge on any atom is 0.261 e. The summed E-state index contributed by atoms with van der Waals surface area (Å²) in [7, 11) is 0. The monoisotopic (exact) mass is 812 g/mol. The third kappa shape index (κ3) is 7.58. The van der Waals surface area contributed by atoms with Crippen LogP contribution in [0.3, 0.4) is 0 Å². The molecule has 6 aromatic rings. The van der Waals surface area contributed by atoms with E-state index < -0.39 is 17.6 Å². The molecule has 9 rings (SSSR count). The number of hydrogen-bond acceptors (Lipinski definition) is 10. The molecule has 0 radical (unpaired) electrons. The topological polar surface area (TPSA) is 165 Å². The molecule has 2 fully saturated rings. The minimum Gasteiger partial charge on any atom is -0.390 e. The molecule has 0 saturated carbocycles. The molecule has 15 heteroatoms. The molecule has 2 atom stereocenters. The summed E-state index contributed by atoms with van der Waals surface area (Å²) in [4.78, 5) is 49.1. The average Bonchev–Trinajstić information content (AvgIpc) is 3.84. The van der Waals surface area contributed by atoms with Crippen LogP contribution in [0.25, 0.3) is 27.7 Å². The molecule has 14 nitrogen and oxygen atoms in total. The van der Waals surface area contributed by atoms with E-state index in [1.165, 1.54) is 10.9 Å². The molecule has 1 unspecified atom stereocenters. The number of nitrogens with one attached hydrogen (secondary N) is 1. The number of unbranched alkanes of at least 4 members (excludes halogenated alkanes) is 2. The van der Waals surface area contributed by atoms with E-state index in [1.807, 2.05) is 61.1 Å². The summed E-state index contributed by atoms with van der Waals surface area (Å²) in [5.74, 6) is 0.800. The van der Waals surface area contributed by atoms with Gasteiger partial charge in [-0.3, -0.25) is 38.5 Å². The normalized spacial score (nSPS) is 18.9. The third-order valence-corrected chi connectivity index (χ3v) is 12.3. The predicted molar refractivity (Wildman–Crippen MR) is 225 cm³/mol. The summed E-state index contributed by atoms with van der Waals surface area (Å²) in [6, 6.07) is 18.8. The first-order valence-electron chi connectivity index (χ1n) is 20.3. The van der Waals surface area contributed by atoms with Gasteiger partial charge in [0.1, 0.15) is 17.9 Å². The van der Waals surface area contributed by atoms with Crippen LogP contribution >= 0.6 is 11.6 Å². The molecule has 302 valence electrons. The summed E-state index contributed by atoms with van der Waals surface area (Å²) in [6.07, 6.45) is 10.7. The van der Waals surface area contributed by atoms with Crippen molar-refractivity contribution in [2.75, 3.05) is 18.0 Å². The van der Waals surface area contributed by atoms with Gasteiger partial charge >= 0.3 is 0 Å². The van der Waals surface area contributed by atoms with Crippen molar-refractivity contribution in [3.05, 3.63) is 118 Å². The molecule has 3 aromatic heterocycles. The molecule has 3 aromatic carbocycles. The number of aryl methyl sites for hydroxylation is 2. The Morgan fingerprint density at radius 2 is 1.73 bits per heavy atom. The number of nitrogens with zero attached hydrogens (tertiary/aromatic N) is 9. The van der Waals surface area contributed by atoms with Crippen molar-refractivity contribution in [1.82, 2.24) is 39.4 Å². The quantitative estimate of drug-likeness (QED) is 0.120. The number of halogens is 1. The Morgan fingerprint density at radius 1 is 0.932 bits per heavy atom. The number of amides is 2. The number of imide groups is 1. The fourth-order valence-corrected chi connectivity index (χ4v) is 8.79. The molecule has 0 bridgehead atoms. The van der Waals surface area contributed by atoms with Gasteiger partial charge in [0.2, 0.25) is 11.8 Å². The minimum atomic E-state index is -0.752. The van der Waals surface area contributed by atoms with Crippen molar-refractivity contribution in [2.24, 2.45) is 4.99 Å². The fourth-order valence-electron chi connectivity index (χ4n) is 8.67. The highest BCUT2D eigenvalue weighted by molar-refractivity contribution is 6.30. The molecule has 3 aliphatic heterocycles. The number of benzene rings is 3. The number of hydrogen-bond donors (Lipinski definition) is 2. The predicted octanol–water partition coefficient (Wildman–Crippen LogP) is 6.28. The minimum absolute atomic E-state index is 0.183. The SMILES string of the molecule is Cc1nnc2n1-c1ccc(-c3cnn(CCCCCC4(O)CCN(c5ccc6c(=O)n(C7CCC(=O)NC7=O)cnc6c5)CC4)c3)cc1C(c1ccc(Cl)cc1)=N[C@H]2C. The summed E-state index contributed by atoms with van der Waals surface area (Å²) < 4.78 is 5.41. The molecule has 59 heavy (non-hydrogen) atoms. The highest BCUT2D eigenvalue weighted by Gasteiger charge is 2.33. The number of piperidine rings is 2. The largest absolute Gasteiger partial charge is 0.390 e. The highest BCUT2D eigenvalue weighted by Crippen LogP contribution is 2.35. The Bertz CT molecular complexity index is 2670. The van der Waals surface area contributed by atoms with E-state index in [-0.39, 0.29) is 30.3 Å². The number of fused-ring (bicyclic) bond motifs is 4. The van der Waals surface area contributed by atoms with Gasteiger partial charge in [-0.05, 0) is 94.0 Å². The second-order valence-electron chi connectivity index (χ2n) is 16.0. The van der Waals surface area contributed by atoms with Crippen LogP contribution in [0.1, 0.15) is 93.1 Å². The van der Waals surface area contributed by atoms with Crippen LogP contribution in [0.2, 0.25) is 5.02 Å². The highest BCUT2D eigenvalue weighted by atomic mass is 35.5. The lowest BCUT2D eigenvalue weighted by molar-refractivity contribution is -0.135. The van der Waals surface area contributed by atoms with Crippen LogP contribution in [0.4, 0.5) is 5.69 Å². The van der Waals surface area contributed by atoms with E-state index >= 15 is 0 Å². The number of aromatic nitrogens is 7. The van der Waals surface area contributed by atoms with Gasteiger partial charge in [-0.25, -0.2) is 4.98 Å². The number of aliphatic hydroxyl groups is 1. The second kappa shape index (κ2) is 15.6. The Balaban J connectivity index is 0.795. The van der Waals surface area contributed by atoms with Crippen LogP contribution in [0, 0.1) is 6.92 Å². The Kier molecular flexibility index (Phi) is 10.2. The van der Waals surface area contributed by atoms with E-state index in [0.717, 1.165) is 83.2 Å². The summed E-state index contributed by atoms with van der Waals surface area (Å²) in [6.45, 7) is 6.17. The number of anilines is 1. The number of aliphatic imine (C=N–C) groups is 1. The van der Waals surface area contributed by atoms with E-state index in [0.29, 0.717) is 41.9 Å². The van der Waals surface area contributed by atoms with Crippen LogP contribution in [0.5, 0.6) is 0 Å². The van der Waals surface area contributed by atoms with Gasteiger partial charge in [0, 0.05) is 59.7 Å². The summed E-state index contributed by atoms with van der Waals surface area (Å²) in [5, 5.41) is 28.4. The maximum absolute atomic E-state index is 13.3. The smallest absolute Gasteiger partial charge is 0.261 e. The van der Waals surface area contributed by atoms with Gasteiger partial charge in [0.15, 0.2) is 5.82 Å². The molecular weight excluding hydrogens is 768 g/mol. The number of carbonyl (C=O) groups is 2. The lowest BCUT2D eigenvalue weighted by atomic mass is 9.86. The van der Waals surface area contributed by atoms with E-state index in [4.69, 9.17) is 21.7 Å². The molecule has 2 saturated heterocycles. The molecule has 0 spiro atoms. The van der Waals surface area contributed by atoms with Crippen LogP contribution in [0.15, 0.2) is 89.2 Å². The summed E-state index contributed by atoms with van der Waals surface area (Å²) in [5.41, 5.74) is 6.36. The zero-order valence-electron chi connectivity index (χ0n) is 33.0. The first-order valence-corrected chi connectivity index (χ1v) is 20.7. The Hall–Kier alpha value is -5.99. The van der Waals surface area contributed by atoms with Crippen molar-refractivity contribution in [2.45, 2.75) is 89.4 Å². The molecule has 0 aliphatic carbocycles. The molecular formula is C44H45ClN10O4. The molecule has 2 N–H and O–H groups in total. The van der Waals surface area contributed by atoms with Crippen molar-refractivity contribution in [3.8, 4) is 16.8 Å². The van der Waals surface area contributed by atoms with Gasteiger partial charge < -0.3 is 10.0 Å². The van der Waals surface area contributed by atoms with Crippen LogP contribution in [-0.4, -0.2) is 75.4 Å². The Morgan fingerprint density at radius 3 is 2.53 bits per heavy atom. The van der Waals surface area contributed by atoms with Crippen molar-refractivity contribution in [1.29, 1.82) is 0 Å². The van der Waals surface area contributed by atoms with Gasteiger partial charge in [0.05, 0.1) is 40.4 Å². The summed E-state index contributed by atoms with van der Waals surface area (Å²) >= 11 is 6.25. The third-order valence-electron chi connectivity index (χ3n) is 12.0. The standard InChI is InChI=1S/C44H45ClN10O4/c1-27-41-51-50-28(2)55(41)37-13-8-30(22-35(37)40(48-27)29-6-9-32(45)10-7-29)31-24-47-53(25-31)19-5-3-4-16-44(59)17-20-52(21-18-44)33-11-12-34-36(23-33)46-26-54(43(34)58)38-14-15-39(56)49-42(38)57/h6-13,22-27,38,59H,3-5,14-21H2,1-2H3,(H,49,56,57)/t27-,38?/m0/s1. The van der Waals surface area contributed by atoms with Crippen molar-refractivity contribution in [3.63, 3.8) is 0 Å². The van der Waals surface area contributed by atoms with Crippen LogP contribution < -0.4 is 15.8 Å². The zero-order chi connectivity index (χ0) is 40.8. The van der Waals surface area contributed by atoms with Crippen molar-refractivity contribution >= 4 is 45.7 Å². The first kappa shape index (κ1) is 38.5. The lowest BCUT2D eigenvalue weighted by Gasteiger charge is -2.39. The number of carbonyl (C=O) groups excluding carboxylic acids is 2. The maximum atomic E-state index is 13.3. The lowest BCUT2D eigenvalue weighted by Crippen LogP contribution is -2.44. The molecule has 2 amide bonds. The fraction of sp³-hybridized carbons (Fsp3) is 0.364. The van der Waals surface area contributed by atoms with E-state index in [2.05, 4.69) is 54.4 Å². The molecule has 3 aliphatic rings. The van der Waals surface area contributed by atoms with E-state index in [9.17, 15) is 19.5 Å². The second-order valence-corrected chi connectivity index (χ2v) is 16.4. The van der Waals surface area contributed by atoms with E-state index in [1.54, 1.807) is 6.07 Å². The average molecular weight is 813 g/mol. The van der Waals surface area contributed by atoms with Gasteiger partial charge in [-0.2, -0.15) is 5.10 Å². The van der Waals surface area contributed by atoms with Crippen molar-refractivity contribution < 1.29 is 14.7 Å². The van der Waals surface area contributed by atoms with Gasteiger partial charge in [-0.1, -0.05) is 42.6 Å². The van der Waals surface area contributed by atoms with Gasteiger partial charge in [-0.15, -0.1) is 10.2 Å². The van der Waals surface area contributed by atoms with Gasteiger partial charge in [0.25, 0.3) is 5.56 Å². The zero-order valence-corrected chi connectivity index (χ0v) is 33.8. The number of rotatable bonds is 10.